The Morgan fingerprint density at radius 3 is 2.81 bits per heavy atom. The lowest BCUT2D eigenvalue weighted by Gasteiger charge is -2.45. The van der Waals surface area contributed by atoms with Crippen molar-refractivity contribution in [3.63, 3.8) is 0 Å². The van der Waals surface area contributed by atoms with E-state index in [1.54, 1.807) is 0 Å². The molecule has 1 aliphatic carbocycles. The molecule has 0 aromatic rings. The first-order chi connectivity index (χ1) is 7.71. The van der Waals surface area contributed by atoms with E-state index < -0.39 is 0 Å². The zero-order valence-electron chi connectivity index (χ0n) is 10.0. The maximum absolute atomic E-state index is 12.0. The number of hydrogen-bond donors (Lipinski definition) is 1. The molecule has 0 aromatic carbocycles. The van der Waals surface area contributed by atoms with E-state index in [1.807, 2.05) is 5.01 Å². The van der Waals surface area contributed by atoms with Gasteiger partial charge in [-0.25, -0.2) is 5.01 Å². The molecule has 1 spiro atoms. The van der Waals surface area contributed by atoms with Crippen molar-refractivity contribution in [3.8, 4) is 0 Å². The normalized spacial score (nSPS) is 33.7. The standard InChI is InChI=1S/C12H21N3O/c1-14-12(4-2-5-12)7-11(16)15(14)9-10-3-6-13-8-10/h10,13H,2-9H2,1H3. The van der Waals surface area contributed by atoms with Crippen LogP contribution < -0.4 is 5.32 Å². The lowest BCUT2D eigenvalue weighted by atomic mass is 9.75. The molecule has 1 saturated carbocycles. The molecule has 90 valence electrons. The van der Waals surface area contributed by atoms with Gasteiger partial charge in [0.05, 0.1) is 0 Å². The van der Waals surface area contributed by atoms with E-state index in [1.165, 1.54) is 25.7 Å². The molecule has 4 heteroatoms. The fraction of sp³-hybridized carbons (Fsp3) is 0.917. The number of amides is 1. The van der Waals surface area contributed by atoms with Crippen molar-refractivity contribution in [2.24, 2.45) is 5.92 Å². The van der Waals surface area contributed by atoms with Gasteiger partial charge in [0.15, 0.2) is 0 Å². The van der Waals surface area contributed by atoms with Crippen LogP contribution in [-0.4, -0.2) is 48.1 Å². The van der Waals surface area contributed by atoms with Gasteiger partial charge in [0.25, 0.3) is 0 Å². The molecule has 4 nitrogen and oxygen atoms in total. The Hall–Kier alpha value is -0.610. The van der Waals surface area contributed by atoms with Gasteiger partial charge < -0.3 is 5.32 Å². The number of nitrogens with zero attached hydrogens (tertiary/aromatic N) is 2. The molecular formula is C12H21N3O. The second-order valence-corrected chi connectivity index (χ2v) is 5.61. The Labute approximate surface area is 96.9 Å². The summed E-state index contributed by atoms with van der Waals surface area (Å²) in [4.78, 5) is 12.0. The van der Waals surface area contributed by atoms with E-state index in [0.717, 1.165) is 26.1 Å². The lowest BCUT2D eigenvalue weighted by molar-refractivity contribution is -0.141. The van der Waals surface area contributed by atoms with Gasteiger partial charge in [0.1, 0.15) is 0 Å². The minimum absolute atomic E-state index is 0.211. The van der Waals surface area contributed by atoms with Crippen molar-refractivity contribution in [2.45, 2.75) is 37.6 Å². The molecule has 16 heavy (non-hydrogen) atoms. The van der Waals surface area contributed by atoms with Crippen LogP contribution in [0.15, 0.2) is 0 Å². The molecule has 3 fully saturated rings. The van der Waals surface area contributed by atoms with Gasteiger partial charge in [-0.15, -0.1) is 0 Å². The highest BCUT2D eigenvalue weighted by Gasteiger charge is 2.51. The predicted octanol–water partition coefficient (Wildman–Crippen LogP) is 0.598. The zero-order valence-corrected chi connectivity index (χ0v) is 10.0. The molecule has 2 saturated heterocycles. The van der Waals surface area contributed by atoms with Crippen LogP contribution in [0.2, 0.25) is 0 Å². The van der Waals surface area contributed by atoms with E-state index in [4.69, 9.17) is 0 Å². The molecule has 2 aliphatic heterocycles. The average Bonchev–Trinajstić information content (AvgIpc) is 2.78. The fourth-order valence-corrected chi connectivity index (χ4v) is 3.33. The topological polar surface area (TPSA) is 35.6 Å². The zero-order chi connectivity index (χ0) is 11.2. The van der Waals surface area contributed by atoms with Gasteiger partial charge in [-0.2, -0.15) is 0 Å². The van der Waals surface area contributed by atoms with Crippen molar-refractivity contribution >= 4 is 5.91 Å². The third-order valence-corrected chi connectivity index (χ3v) is 4.69. The van der Waals surface area contributed by atoms with E-state index >= 15 is 0 Å². The van der Waals surface area contributed by atoms with Crippen molar-refractivity contribution < 1.29 is 4.79 Å². The lowest BCUT2D eigenvalue weighted by Crippen LogP contribution is -2.52. The Morgan fingerprint density at radius 2 is 2.31 bits per heavy atom. The summed E-state index contributed by atoms with van der Waals surface area (Å²) >= 11 is 0. The molecular weight excluding hydrogens is 202 g/mol. The first kappa shape index (κ1) is 10.5. The van der Waals surface area contributed by atoms with Crippen LogP contribution in [0.25, 0.3) is 0 Å². The monoisotopic (exact) mass is 223 g/mol. The molecule has 1 N–H and O–H groups in total. The summed E-state index contributed by atoms with van der Waals surface area (Å²) in [7, 11) is 2.10. The first-order valence-electron chi connectivity index (χ1n) is 6.46. The molecule has 3 rings (SSSR count). The third kappa shape index (κ3) is 1.47. The number of carbonyl (C=O) groups is 1. The molecule has 1 unspecified atom stereocenters. The second-order valence-electron chi connectivity index (χ2n) is 5.61. The highest BCUT2D eigenvalue weighted by molar-refractivity contribution is 5.79. The van der Waals surface area contributed by atoms with Gasteiger partial charge in [-0.1, -0.05) is 0 Å². The molecule has 0 aromatic heterocycles. The van der Waals surface area contributed by atoms with Gasteiger partial charge in [0, 0.05) is 25.6 Å². The number of carbonyl (C=O) groups excluding carboxylic acids is 1. The number of nitrogens with one attached hydrogen (secondary N) is 1. The van der Waals surface area contributed by atoms with Gasteiger partial charge in [-0.05, 0) is 44.7 Å². The third-order valence-electron chi connectivity index (χ3n) is 4.69. The SMILES string of the molecule is CN1N(CC2CCNC2)C(=O)CC12CCC2. The number of hydrogen-bond acceptors (Lipinski definition) is 3. The Kier molecular flexibility index (Phi) is 2.44. The largest absolute Gasteiger partial charge is 0.316 e. The molecule has 2 heterocycles. The maximum atomic E-state index is 12.0. The van der Waals surface area contributed by atoms with Gasteiger partial charge in [-0.3, -0.25) is 9.80 Å². The molecule has 3 aliphatic rings. The molecule has 1 amide bonds. The number of hydrazine groups is 1. The van der Waals surface area contributed by atoms with E-state index in [9.17, 15) is 4.79 Å². The summed E-state index contributed by atoms with van der Waals surface area (Å²) in [6.07, 6.45) is 5.66. The second kappa shape index (κ2) is 3.70. The van der Waals surface area contributed by atoms with Crippen LogP contribution >= 0.6 is 0 Å². The summed E-state index contributed by atoms with van der Waals surface area (Å²) in [5.74, 6) is 0.996. The van der Waals surface area contributed by atoms with Crippen LogP contribution in [0.1, 0.15) is 32.1 Å². The van der Waals surface area contributed by atoms with E-state index in [2.05, 4.69) is 17.4 Å². The van der Waals surface area contributed by atoms with Crippen LogP contribution in [0.5, 0.6) is 0 Å². The summed E-state index contributed by atoms with van der Waals surface area (Å²) in [5.41, 5.74) is 0.211. The molecule has 1 atom stereocenters. The Balaban J connectivity index is 1.67. The van der Waals surface area contributed by atoms with Crippen LogP contribution in [0, 0.1) is 5.92 Å². The van der Waals surface area contributed by atoms with Crippen molar-refractivity contribution in [3.05, 3.63) is 0 Å². The summed E-state index contributed by atoms with van der Waals surface area (Å²) in [6, 6.07) is 0. The van der Waals surface area contributed by atoms with E-state index in [-0.39, 0.29) is 5.54 Å². The molecule has 0 bridgehead atoms. The van der Waals surface area contributed by atoms with Crippen molar-refractivity contribution in [1.29, 1.82) is 0 Å². The van der Waals surface area contributed by atoms with E-state index in [0.29, 0.717) is 11.8 Å². The Morgan fingerprint density at radius 1 is 1.50 bits per heavy atom. The predicted molar refractivity (Wildman–Crippen MR) is 61.7 cm³/mol. The fourth-order valence-electron chi connectivity index (χ4n) is 3.33. The highest BCUT2D eigenvalue weighted by atomic mass is 16.2. The minimum Gasteiger partial charge on any atom is -0.316 e. The smallest absolute Gasteiger partial charge is 0.238 e. The number of rotatable bonds is 2. The molecule has 0 radical (unpaired) electrons. The summed E-state index contributed by atoms with van der Waals surface area (Å²) < 4.78 is 0. The average molecular weight is 223 g/mol. The quantitative estimate of drug-likeness (QED) is 0.744. The Bertz CT molecular complexity index is 295. The first-order valence-corrected chi connectivity index (χ1v) is 6.46. The van der Waals surface area contributed by atoms with Gasteiger partial charge in [0.2, 0.25) is 5.91 Å². The summed E-state index contributed by atoms with van der Waals surface area (Å²) in [5, 5.41) is 7.63. The van der Waals surface area contributed by atoms with Gasteiger partial charge >= 0.3 is 0 Å². The van der Waals surface area contributed by atoms with Crippen LogP contribution in [-0.2, 0) is 4.79 Å². The van der Waals surface area contributed by atoms with Crippen LogP contribution in [0.4, 0.5) is 0 Å². The minimum atomic E-state index is 0.211. The highest BCUT2D eigenvalue weighted by Crippen LogP contribution is 2.45. The summed E-state index contributed by atoms with van der Waals surface area (Å²) in [6.45, 7) is 3.11. The van der Waals surface area contributed by atoms with Crippen molar-refractivity contribution in [2.75, 3.05) is 26.7 Å². The van der Waals surface area contributed by atoms with Crippen LogP contribution in [0.3, 0.4) is 0 Å². The van der Waals surface area contributed by atoms with Crippen molar-refractivity contribution in [1.82, 2.24) is 15.3 Å². The maximum Gasteiger partial charge on any atom is 0.238 e.